The first-order valence-corrected chi connectivity index (χ1v) is 7.61. The molecule has 18 heavy (non-hydrogen) atoms. The van der Waals surface area contributed by atoms with Crippen LogP contribution in [0.2, 0.25) is 0 Å². The number of ether oxygens (including phenoxy) is 1. The lowest BCUT2D eigenvalue weighted by Gasteiger charge is -2.29. The minimum absolute atomic E-state index is 0.617. The van der Waals surface area contributed by atoms with Crippen molar-refractivity contribution in [3.63, 3.8) is 0 Å². The molecule has 2 rings (SSSR count). The molecule has 0 aromatic heterocycles. The van der Waals surface area contributed by atoms with Crippen LogP contribution in [0.15, 0.2) is 22.7 Å². The normalized spacial score (nSPS) is 23.7. The first-order chi connectivity index (χ1) is 8.71. The van der Waals surface area contributed by atoms with Crippen molar-refractivity contribution in [2.45, 2.75) is 45.1 Å². The summed E-state index contributed by atoms with van der Waals surface area (Å²) in [7, 11) is 1.71. The lowest BCUT2D eigenvalue weighted by Crippen LogP contribution is -2.25. The van der Waals surface area contributed by atoms with Gasteiger partial charge in [0.15, 0.2) is 0 Å². The lowest BCUT2D eigenvalue weighted by atomic mass is 9.84. The van der Waals surface area contributed by atoms with E-state index in [1.807, 2.05) is 6.07 Å². The van der Waals surface area contributed by atoms with Gasteiger partial charge in [-0.15, -0.1) is 0 Å². The predicted molar refractivity (Wildman–Crippen MR) is 80.4 cm³/mol. The molecular weight excluding hydrogens is 290 g/mol. The highest BCUT2D eigenvalue weighted by Crippen LogP contribution is 2.30. The van der Waals surface area contributed by atoms with E-state index in [4.69, 9.17) is 4.74 Å². The molecule has 1 saturated carbocycles. The molecule has 0 atom stereocenters. The Morgan fingerprint density at radius 3 is 2.56 bits per heavy atom. The van der Waals surface area contributed by atoms with Crippen LogP contribution in [0.3, 0.4) is 0 Å². The minimum Gasteiger partial charge on any atom is -0.497 e. The Morgan fingerprint density at radius 1 is 1.22 bits per heavy atom. The van der Waals surface area contributed by atoms with Crippen molar-refractivity contribution in [1.29, 1.82) is 0 Å². The summed E-state index contributed by atoms with van der Waals surface area (Å²) in [6.45, 7) is 2.30. The van der Waals surface area contributed by atoms with Crippen molar-refractivity contribution in [2.75, 3.05) is 12.4 Å². The number of benzene rings is 1. The van der Waals surface area contributed by atoms with Gasteiger partial charge in [0, 0.05) is 22.3 Å². The van der Waals surface area contributed by atoms with E-state index >= 15 is 0 Å². The zero-order valence-electron chi connectivity index (χ0n) is 11.2. The van der Waals surface area contributed by atoms with E-state index in [9.17, 15) is 0 Å². The first kappa shape index (κ1) is 13.7. The summed E-state index contributed by atoms with van der Waals surface area (Å²) in [5.41, 5.74) is 1.15. The molecule has 0 radical (unpaired) electrons. The number of hydrogen-bond acceptors (Lipinski definition) is 2. The fraction of sp³-hybridized carbons (Fsp3) is 0.600. The number of anilines is 1. The Balaban J connectivity index is 1.95. The van der Waals surface area contributed by atoms with Crippen molar-refractivity contribution in [2.24, 2.45) is 5.92 Å². The second-order valence-electron chi connectivity index (χ2n) is 5.15. The maximum absolute atomic E-state index is 5.29. The zero-order chi connectivity index (χ0) is 13.0. The van der Waals surface area contributed by atoms with Crippen molar-refractivity contribution in [1.82, 2.24) is 0 Å². The molecule has 0 amide bonds. The van der Waals surface area contributed by atoms with Crippen LogP contribution in [0, 0.1) is 5.92 Å². The molecule has 100 valence electrons. The van der Waals surface area contributed by atoms with E-state index in [-0.39, 0.29) is 0 Å². The van der Waals surface area contributed by atoms with E-state index in [1.54, 1.807) is 7.11 Å². The van der Waals surface area contributed by atoms with E-state index in [1.165, 1.54) is 32.1 Å². The SMILES string of the molecule is CCC1CCC(Nc2cc(Br)cc(OC)c2)CC1. The molecule has 1 aliphatic carbocycles. The van der Waals surface area contributed by atoms with Gasteiger partial charge in [0.25, 0.3) is 0 Å². The Morgan fingerprint density at radius 2 is 1.94 bits per heavy atom. The summed E-state index contributed by atoms with van der Waals surface area (Å²) < 4.78 is 6.35. The second-order valence-corrected chi connectivity index (χ2v) is 6.07. The summed E-state index contributed by atoms with van der Waals surface area (Å²) >= 11 is 3.52. The first-order valence-electron chi connectivity index (χ1n) is 6.82. The van der Waals surface area contributed by atoms with E-state index < -0.39 is 0 Å². The maximum Gasteiger partial charge on any atom is 0.122 e. The summed E-state index contributed by atoms with van der Waals surface area (Å²) in [6.07, 6.45) is 6.62. The standard InChI is InChI=1S/C15H22BrNO/c1-3-11-4-6-13(7-5-11)17-14-8-12(16)9-15(10-14)18-2/h8-11,13,17H,3-7H2,1-2H3. The summed E-state index contributed by atoms with van der Waals surface area (Å²) in [5, 5.41) is 3.63. The van der Waals surface area contributed by atoms with Gasteiger partial charge in [-0.05, 0) is 43.7 Å². The molecule has 3 heteroatoms. The molecule has 0 unspecified atom stereocenters. The number of hydrogen-bond donors (Lipinski definition) is 1. The fourth-order valence-corrected chi connectivity index (χ4v) is 3.19. The van der Waals surface area contributed by atoms with Gasteiger partial charge in [0.1, 0.15) is 5.75 Å². The van der Waals surface area contributed by atoms with Crippen LogP contribution in [0.1, 0.15) is 39.0 Å². The van der Waals surface area contributed by atoms with E-state index in [0.29, 0.717) is 6.04 Å². The lowest BCUT2D eigenvalue weighted by molar-refractivity contribution is 0.330. The Kier molecular flexibility index (Phi) is 4.93. The van der Waals surface area contributed by atoms with Crippen LogP contribution < -0.4 is 10.1 Å². The molecule has 0 bridgehead atoms. The van der Waals surface area contributed by atoms with Crippen LogP contribution in [-0.4, -0.2) is 13.2 Å². The van der Waals surface area contributed by atoms with Crippen molar-refractivity contribution in [3.05, 3.63) is 22.7 Å². The molecule has 1 aromatic rings. The van der Waals surface area contributed by atoms with Gasteiger partial charge < -0.3 is 10.1 Å². The predicted octanol–water partition coefficient (Wildman–Crippen LogP) is 4.84. The molecule has 0 spiro atoms. The molecule has 0 aliphatic heterocycles. The molecule has 1 aromatic carbocycles. The van der Waals surface area contributed by atoms with Crippen molar-refractivity contribution in [3.8, 4) is 5.75 Å². The number of halogens is 1. The van der Waals surface area contributed by atoms with Crippen LogP contribution in [0.5, 0.6) is 5.75 Å². The van der Waals surface area contributed by atoms with Crippen LogP contribution in [0.4, 0.5) is 5.69 Å². The molecule has 1 aliphatic rings. The van der Waals surface area contributed by atoms with Gasteiger partial charge in [-0.2, -0.15) is 0 Å². The number of methoxy groups -OCH3 is 1. The van der Waals surface area contributed by atoms with Crippen LogP contribution >= 0.6 is 15.9 Å². The molecule has 1 fully saturated rings. The van der Waals surface area contributed by atoms with Gasteiger partial charge in [0.2, 0.25) is 0 Å². The molecule has 1 N–H and O–H groups in total. The number of rotatable bonds is 4. The van der Waals surface area contributed by atoms with Crippen LogP contribution in [0.25, 0.3) is 0 Å². The topological polar surface area (TPSA) is 21.3 Å². The van der Waals surface area contributed by atoms with Gasteiger partial charge in [0.05, 0.1) is 7.11 Å². The highest BCUT2D eigenvalue weighted by Gasteiger charge is 2.19. The third-order valence-electron chi connectivity index (χ3n) is 3.90. The third kappa shape index (κ3) is 3.64. The molecule has 0 saturated heterocycles. The molecule has 2 nitrogen and oxygen atoms in total. The largest absolute Gasteiger partial charge is 0.497 e. The van der Waals surface area contributed by atoms with Gasteiger partial charge >= 0.3 is 0 Å². The number of nitrogens with one attached hydrogen (secondary N) is 1. The summed E-state index contributed by atoms with van der Waals surface area (Å²) in [5.74, 6) is 1.84. The molecule has 0 heterocycles. The Hall–Kier alpha value is -0.700. The minimum atomic E-state index is 0.617. The van der Waals surface area contributed by atoms with Crippen LogP contribution in [-0.2, 0) is 0 Å². The maximum atomic E-state index is 5.29. The zero-order valence-corrected chi connectivity index (χ0v) is 12.8. The highest BCUT2D eigenvalue weighted by molar-refractivity contribution is 9.10. The van der Waals surface area contributed by atoms with Gasteiger partial charge in [-0.25, -0.2) is 0 Å². The van der Waals surface area contributed by atoms with Gasteiger partial charge in [-0.3, -0.25) is 0 Å². The Labute approximate surface area is 118 Å². The summed E-state index contributed by atoms with van der Waals surface area (Å²) in [4.78, 5) is 0. The average Bonchev–Trinajstić information content (AvgIpc) is 2.39. The molecular formula is C15H22BrNO. The third-order valence-corrected chi connectivity index (χ3v) is 4.36. The van der Waals surface area contributed by atoms with E-state index in [0.717, 1.165) is 21.8 Å². The van der Waals surface area contributed by atoms with Crippen molar-refractivity contribution < 1.29 is 4.74 Å². The second kappa shape index (κ2) is 6.46. The quantitative estimate of drug-likeness (QED) is 0.859. The van der Waals surface area contributed by atoms with E-state index in [2.05, 4.69) is 40.3 Å². The average molecular weight is 312 g/mol. The fourth-order valence-electron chi connectivity index (χ4n) is 2.71. The monoisotopic (exact) mass is 311 g/mol. The van der Waals surface area contributed by atoms with Crippen molar-refractivity contribution >= 4 is 21.6 Å². The highest BCUT2D eigenvalue weighted by atomic mass is 79.9. The van der Waals surface area contributed by atoms with Gasteiger partial charge in [-0.1, -0.05) is 29.3 Å². The summed E-state index contributed by atoms with van der Waals surface area (Å²) in [6, 6.07) is 6.79. The Bertz CT molecular complexity index is 386. The smallest absolute Gasteiger partial charge is 0.122 e.